The predicted octanol–water partition coefficient (Wildman–Crippen LogP) is 1.96. The molecule has 5 heteroatoms. The molecule has 0 aliphatic heterocycles. The Morgan fingerprint density at radius 1 is 1.38 bits per heavy atom. The van der Waals surface area contributed by atoms with Gasteiger partial charge in [0.1, 0.15) is 0 Å². The van der Waals surface area contributed by atoms with Gasteiger partial charge >= 0.3 is 6.18 Å². The Balaban J connectivity index is 2.99. The Hall–Kier alpha value is -1.07. The van der Waals surface area contributed by atoms with Gasteiger partial charge in [0.05, 0.1) is 0 Å². The molecule has 0 aliphatic carbocycles. The SMILES string of the molecule is Cc1cccc(C(CN)C(O)C(F)(F)F)c1. The molecule has 0 aliphatic rings. The third-order valence-electron chi connectivity index (χ3n) is 2.44. The molecule has 0 heterocycles. The van der Waals surface area contributed by atoms with Gasteiger partial charge in [0.15, 0.2) is 6.10 Å². The first-order valence-electron chi connectivity index (χ1n) is 4.87. The zero-order chi connectivity index (χ0) is 12.3. The van der Waals surface area contributed by atoms with Gasteiger partial charge in [-0.2, -0.15) is 13.2 Å². The van der Waals surface area contributed by atoms with Gasteiger partial charge < -0.3 is 10.8 Å². The Morgan fingerprint density at radius 2 is 2.00 bits per heavy atom. The second-order valence-corrected chi connectivity index (χ2v) is 3.74. The van der Waals surface area contributed by atoms with E-state index in [-0.39, 0.29) is 6.54 Å². The van der Waals surface area contributed by atoms with E-state index < -0.39 is 18.2 Å². The van der Waals surface area contributed by atoms with E-state index in [0.29, 0.717) is 5.56 Å². The number of benzene rings is 1. The molecule has 0 saturated heterocycles. The zero-order valence-electron chi connectivity index (χ0n) is 8.83. The van der Waals surface area contributed by atoms with Crippen molar-refractivity contribution in [3.05, 3.63) is 35.4 Å². The largest absolute Gasteiger partial charge is 0.414 e. The van der Waals surface area contributed by atoms with Gasteiger partial charge in [-0.25, -0.2) is 0 Å². The number of rotatable bonds is 3. The lowest BCUT2D eigenvalue weighted by molar-refractivity contribution is -0.209. The zero-order valence-corrected chi connectivity index (χ0v) is 8.83. The number of aliphatic hydroxyl groups excluding tert-OH is 1. The van der Waals surface area contributed by atoms with E-state index in [1.54, 1.807) is 31.2 Å². The molecule has 0 fully saturated rings. The number of aryl methyl sites for hydroxylation is 1. The number of hydrogen-bond acceptors (Lipinski definition) is 2. The second kappa shape index (κ2) is 4.84. The summed E-state index contributed by atoms with van der Waals surface area (Å²) in [4.78, 5) is 0. The van der Waals surface area contributed by atoms with Gasteiger partial charge in [0, 0.05) is 12.5 Å². The molecule has 2 nitrogen and oxygen atoms in total. The molecule has 0 spiro atoms. The lowest BCUT2D eigenvalue weighted by Gasteiger charge is -2.24. The first-order chi connectivity index (χ1) is 7.36. The lowest BCUT2D eigenvalue weighted by atomic mass is 9.92. The van der Waals surface area contributed by atoms with E-state index in [4.69, 9.17) is 5.73 Å². The quantitative estimate of drug-likeness (QED) is 0.838. The van der Waals surface area contributed by atoms with Crippen LogP contribution in [-0.4, -0.2) is 23.9 Å². The van der Waals surface area contributed by atoms with E-state index in [9.17, 15) is 18.3 Å². The molecule has 2 atom stereocenters. The average Bonchev–Trinajstić information content (AvgIpc) is 2.17. The minimum absolute atomic E-state index is 0.246. The summed E-state index contributed by atoms with van der Waals surface area (Å²) in [6.07, 6.45) is -7.06. The molecule has 1 aromatic carbocycles. The first kappa shape index (κ1) is 13.0. The van der Waals surface area contributed by atoms with Gasteiger partial charge in [-0.15, -0.1) is 0 Å². The summed E-state index contributed by atoms with van der Waals surface area (Å²) in [7, 11) is 0. The summed E-state index contributed by atoms with van der Waals surface area (Å²) in [5, 5.41) is 9.18. The van der Waals surface area contributed by atoms with Gasteiger partial charge in [-0.05, 0) is 12.5 Å². The Morgan fingerprint density at radius 3 is 2.44 bits per heavy atom. The molecule has 3 N–H and O–H groups in total. The van der Waals surface area contributed by atoms with Crippen LogP contribution in [0.4, 0.5) is 13.2 Å². The van der Waals surface area contributed by atoms with Crippen LogP contribution in [0.15, 0.2) is 24.3 Å². The highest BCUT2D eigenvalue weighted by molar-refractivity contribution is 5.27. The number of alkyl halides is 3. The molecule has 0 aromatic heterocycles. The molecule has 1 rings (SSSR count). The summed E-state index contributed by atoms with van der Waals surface area (Å²) in [5.74, 6) is -1.11. The fraction of sp³-hybridized carbons (Fsp3) is 0.455. The van der Waals surface area contributed by atoms with Gasteiger partial charge in [0.2, 0.25) is 0 Å². The molecule has 0 radical (unpaired) electrons. The van der Waals surface area contributed by atoms with Crippen molar-refractivity contribution in [1.29, 1.82) is 0 Å². The first-order valence-corrected chi connectivity index (χ1v) is 4.87. The summed E-state index contributed by atoms with van der Waals surface area (Å²) >= 11 is 0. The molecule has 1 aromatic rings. The van der Waals surface area contributed by atoms with Gasteiger partial charge in [0.25, 0.3) is 0 Å². The van der Waals surface area contributed by atoms with Crippen LogP contribution in [0, 0.1) is 6.92 Å². The average molecular weight is 233 g/mol. The van der Waals surface area contributed by atoms with Gasteiger partial charge in [-0.1, -0.05) is 29.8 Å². The summed E-state index contributed by atoms with van der Waals surface area (Å²) in [6.45, 7) is 1.53. The van der Waals surface area contributed by atoms with Crippen LogP contribution >= 0.6 is 0 Å². The van der Waals surface area contributed by atoms with Crippen molar-refractivity contribution < 1.29 is 18.3 Å². The van der Waals surface area contributed by atoms with Crippen LogP contribution in [-0.2, 0) is 0 Å². The Bertz CT molecular complexity index is 351. The van der Waals surface area contributed by atoms with Crippen molar-refractivity contribution >= 4 is 0 Å². The maximum atomic E-state index is 12.4. The van der Waals surface area contributed by atoms with Crippen LogP contribution in [0.5, 0.6) is 0 Å². The van der Waals surface area contributed by atoms with E-state index in [1.165, 1.54) is 0 Å². The van der Waals surface area contributed by atoms with Crippen LogP contribution in [0.2, 0.25) is 0 Å². The van der Waals surface area contributed by atoms with Crippen LogP contribution < -0.4 is 5.73 Å². The van der Waals surface area contributed by atoms with E-state index >= 15 is 0 Å². The van der Waals surface area contributed by atoms with E-state index in [1.807, 2.05) is 0 Å². The predicted molar refractivity (Wildman–Crippen MR) is 55.0 cm³/mol. The van der Waals surface area contributed by atoms with Crippen LogP contribution in [0.3, 0.4) is 0 Å². The van der Waals surface area contributed by atoms with Gasteiger partial charge in [-0.3, -0.25) is 0 Å². The summed E-state index contributed by atoms with van der Waals surface area (Å²) in [5.41, 5.74) is 6.54. The highest BCUT2D eigenvalue weighted by atomic mass is 19.4. The van der Waals surface area contributed by atoms with Crippen molar-refractivity contribution in [3.8, 4) is 0 Å². The number of halogens is 3. The third kappa shape index (κ3) is 2.96. The van der Waals surface area contributed by atoms with Crippen molar-refractivity contribution in [3.63, 3.8) is 0 Å². The van der Waals surface area contributed by atoms with Crippen LogP contribution in [0.1, 0.15) is 17.0 Å². The maximum Gasteiger partial charge on any atom is 0.414 e. The molecule has 0 bridgehead atoms. The third-order valence-corrected chi connectivity index (χ3v) is 2.44. The molecule has 0 amide bonds. The normalized spacial score (nSPS) is 15.9. The number of hydrogen-bond donors (Lipinski definition) is 2. The monoisotopic (exact) mass is 233 g/mol. The lowest BCUT2D eigenvalue weighted by Crippen LogP contribution is -2.38. The standard InChI is InChI=1S/C11H14F3NO/c1-7-3-2-4-8(5-7)9(6-15)10(16)11(12,13)14/h2-5,9-10,16H,6,15H2,1H3. The minimum Gasteiger partial charge on any atom is -0.383 e. The number of nitrogens with two attached hydrogens (primary N) is 1. The molecule has 2 unspecified atom stereocenters. The second-order valence-electron chi connectivity index (χ2n) is 3.74. The molecule has 0 saturated carbocycles. The van der Waals surface area contributed by atoms with Crippen LogP contribution in [0.25, 0.3) is 0 Å². The fourth-order valence-corrected chi connectivity index (χ4v) is 1.58. The molecule has 90 valence electrons. The van der Waals surface area contributed by atoms with Crippen molar-refractivity contribution in [2.24, 2.45) is 5.73 Å². The van der Waals surface area contributed by atoms with E-state index in [0.717, 1.165) is 5.56 Å². The smallest absolute Gasteiger partial charge is 0.383 e. The highest BCUT2D eigenvalue weighted by Gasteiger charge is 2.43. The topological polar surface area (TPSA) is 46.2 Å². The molecular weight excluding hydrogens is 219 g/mol. The van der Waals surface area contributed by atoms with Crippen molar-refractivity contribution in [2.75, 3.05) is 6.54 Å². The van der Waals surface area contributed by atoms with E-state index in [2.05, 4.69) is 0 Å². The Kier molecular flexibility index (Phi) is 3.93. The fourth-order valence-electron chi connectivity index (χ4n) is 1.58. The molecular formula is C11H14F3NO. The van der Waals surface area contributed by atoms with Crippen molar-refractivity contribution in [1.82, 2.24) is 0 Å². The van der Waals surface area contributed by atoms with Crippen molar-refractivity contribution in [2.45, 2.75) is 25.1 Å². The number of aliphatic hydroxyl groups is 1. The maximum absolute atomic E-state index is 12.4. The summed E-state index contributed by atoms with van der Waals surface area (Å²) in [6, 6.07) is 6.57. The minimum atomic E-state index is -4.65. The summed E-state index contributed by atoms with van der Waals surface area (Å²) < 4.78 is 37.1. The molecule has 16 heavy (non-hydrogen) atoms. The highest BCUT2D eigenvalue weighted by Crippen LogP contribution is 2.31. The Labute approximate surface area is 91.9 Å².